The summed E-state index contributed by atoms with van der Waals surface area (Å²) in [6, 6.07) is 22.3. The van der Waals surface area contributed by atoms with Crippen LogP contribution in [0.15, 0.2) is 66.7 Å². The number of nitrogens with one attached hydrogen (secondary N) is 2. The van der Waals surface area contributed by atoms with Gasteiger partial charge in [0.15, 0.2) is 0 Å². The number of amides is 2. The molecule has 0 aliphatic carbocycles. The molecule has 2 amide bonds. The quantitative estimate of drug-likeness (QED) is 0.452. The highest BCUT2D eigenvalue weighted by molar-refractivity contribution is 6.38. The highest BCUT2D eigenvalue weighted by Gasteiger charge is 2.29. The number of benzene rings is 3. The third-order valence-corrected chi connectivity index (χ3v) is 7.35. The molecule has 9 heteroatoms. The van der Waals surface area contributed by atoms with Crippen LogP contribution in [0, 0.1) is 11.3 Å². The molecule has 0 spiro atoms. The Kier molecular flexibility index (Phi) is 7.66. The van der Waals surface area contributed by atoms with Crippen molar-refractivity contribution in [3.05, 3.63) is 88.4 Å². The molecule has 2 N–H and O–H groups in total. The Morgan fingerprint density at radius 1 is 1.08 bits per heavy atom. The second kappa shape index (κ2) is 11.3. The molecule has 0 unspecified atom stereocenters. The summed E-state index contributed by atoms with van der Waals surface area (Å²) in [5.41, 5.74) is 4.79. The maximum Gasteiger partial charge on any atom is 0.258 e. The van der Waals surface area contributed by atoms with Gasteiger partial charge in [-0.2, -0.15) is 5.26 Å². The van der Waals surface area contributed by atoms with Crippen LogP contribution in [-0.2, 0) is 9.59 Å². The predicted octanol–water partition coefficient (Wildman–Crippen LogP) is 4.35. The maximum atomic E-state index is 13.1. The van der Waals surface area contributed by atoms with Crippen LogP contribution in [0.5, 0.6) is 0 Å². The van der Waals surface area contributed by atoms with E-state index in [1.54, 1.807) is 36.2 Å². The molecule has 1 fully saturated rings. The van der Waals surface area contributed by atoms with E-state index in [0.29, 0.717) is 45.5 Å². The Hall–Kier alpha value is -4.16. The zero-order chi connectivity index (χ0) is 27.5. The molecule has 3 aromatic carbocycles. The number of carbonyl (C=O) groups excluding carboxylic acids is 2. The summed E-state index contributed by atoms with van der Waals surface area (Å²) in [5, 5.41) is 16.8. The zero-order valence-corrected chi connectivity index (χ0v) is 22.6. The molecule has 0 aromatic heterocycles. The summed E-state index contributed by atoms with van der Waals surface area (Å²) >= 11 is 6.16. The fourth-order valence-corrected chi connectivity index (χ4v) is 5.03. The van der Waals surface area contributed by atoms with Gasteiger partial charge >= 0.3 is 0 Å². The molecule has 2 heterocycles. The van der Waals surface area contributed by atoms with Gasteiger partial charge in [0.25, 0.3) is 5.91 Å². The van der Waals surface area contributed by atoms with Gasteiger partial charge in [0, 0.05) is 49.5 Å². The molecule has 1 saturated heterocycles. The lowest BCUT2D eigenvalue weighted by molar-refractivity contribution is -0.119. The summed E-state index contributed by atoms with van der Waals surface area (Å²) in [6.45, 7) is 3.83. The summed E-state index contributed by atoms with van der Waals surface area (Å²) in [7, 11) is 3.77. The Morgan fingerprint density at radius 3 is 2.54 bits per heavy atom. The first-order chi connectivity index (χ1) is 18.8. The van der Waals surface area contributed by atoms with E-state index >= 15 is 0 Å². The lowest BCUT2D eigenvalue weighted by atomic mass is 10.00. The number of hydrogen-bond donors (Lipinski definition) is 2. The largest absolute Gasteiger partial charge is 0.354 e. The first kappa shape index (κ1) is 26.4. The molecule has 0 bridgehead atoms. The van der Waals surface area contributed by atoms with Crippen LogP contribution < -0.4 is 15.5 Å². The summed E-state index contributed by atoms with van der Waals surface area (Å²) < 4.78 is 0. The van der Waals surface area contributed by atoms with Crippen molar-refractivity contribution in [1.29, 1.82) is 5.26 Å². The van der Waals surface area contributed by atoms with Crippen molar-refractivity contribution in [2.45, 2.75) is 0 Å². The first-order valence-electron chi connectivity index (χ1n) is 12.7. The highest BCUT2D eigenvalue weighted by atomic mass is 35.5. The van der Waals surface area contributed by atoms with Gasteiger partial charge in [0.2, 0.25) is 5.91 Å². The number of piperazine rings is 1. The minimum atomic E-state index is -0.245. The Labute approximate surface area is 233 Å². The number of nitriles is 1. The van der Waals surface area contributed by atoms with Crippen molar-refractivity contribution >= 4 is 51.7 Å². The summed E-state index contributed by atoms with van der Waals surface area (Å²) in [5.74, 6) is -0.313. The zero-order valence-electron chi connectivity index (χ0n) is 21.9. The predicted molar refractivity (Wildman–Crippen MR) is 155 cm³/mol. The Morgan fingerprint density at radius 2 is 1.82 bits per heavy atom. The van der Waals surface area contributed by atoms with Gasteiger partial charge in [-0.25, -0.2) is 0 Å². The van der Waals surface area contributed by atoms with E-state index in [4.69, 9.17) is 11.6 Å². The van der Waals surface area contributed by atoms with Gasteiger partial charge in [-0.3, -0.25) is 14.5 Å². The van der Waals surface area contributed by atoms with E-state index in [9.17, 15) is 14.9 Å². The van der Waals surface area contributed by atoms with E-state index in [2.05, 4.69) is 33.6 Å². The van der Waals surface area contributed by atoms with Crippen LogP contribution >= 0.6 is 11.6 Å². The molecule has 198 valence electrons. The number of carbonyl (C=O) groups is 2. The van der Waals surface area contributed by atoms with Gasteiger partial charge in [0.1, 0.15) is 6.07 Å². The lowest BCUT2D eigenvalue weighted by Gasteiger charge is -2.33. The number of fused-ring (bicyclic) bond motifs is 1. The second-order valence-corrected chi connectivity index (χ2v) is 10.2. The SMILES string of the molecule is CN1CCN(CC(=O)N(C)c2ccc(NC(=C3C(=O)Nc4cc(Cl)ccc43)c3ccccc3)cc2C#N)CC1. The molecule has 39 heavy (non-hydrogen) atoms. The second-order valence-electron chi connectivity index (χ2n) is 9.76. The first-order valence-corrected chi connectivity index (χ1v) is 13.1. The molecule has 0 atom stereocenters. The van der Waals surface area contributed by atoms with Crippen molar-refractivity contribution in [3.8, 4) is 6.07 Å². The van der Waals surface area contributed by atoms with Crippen LogP contribution in [-0.4, -0.2) is 68.4 Å². The minimum Gasteiger partial charge on any atom is -0.354 e. The topological polar surface area (TPSA) is 91.7 Å². The van der Waals surface area contributed by atoms with Crippen LogP contribution in [0.4, 0.5) is 17.1 Å². The number of halogens is 1. The number of likely N-dealkylation sites (N-methyl/N-ethyl adjacent to an activating group) is 2. The standard InChI is InChI=1S/C30H29ClN6O2/c1-35-12-14-37(15-13-35)19-27(38)36(2)26-11-9-23(16-21(26)18-32)33-29(20-6-4-3-5-7-20)28-24-10-8-22(31)17-25(24)34-30(28)39/h3-11,16-17,33H,12-15,19H2,1-2H3,(H,34,39). The average Bonchev–Trinajstić information content (AvgIpc) is 3.27. The molecule has 2 aliphatic heterocycles. The third kappa shape index (κ3) is 5.66. The Balaban J connectivity index is 1.45. The fourth-order valence-electron chi connectivity index (χ4n) is 4.85. The molecule has 2 aliphatic rings. The van der Waals surface area contributed by atoms with Crippen LogP contribution in [0.2, 0.25) is 5.02 Å². The molecule has 3 aromatic rings. The molecule has 0 radical (unpaired) electrons. The van der Waals surface area contributed by atoms with Gasteiger partial charge in [-0.15, -0.1) is 0 Å². The van der Waals surface area contributed by atoms with E-state index in [0.717, 1.165) is 37.3 Å². The Bertz CT molecular complexity index is 1490. The highest BCUT2D eigenvalue weighted by Crippen LogP contribution is 2.39. The number of rotatable bonds is 6. The van der Waals surface area contributed by atoms with Crippen molar-refractivity contribution in [3.63, 3.8) is 0 Å². The summed E-state index contributed by atoms with van der Waals surface area (Å²) in [4.78, 5) is 32.1. The molecule has 0 saturated carbocycles. The van der Waals surface area contributed by atoms with E-state index in [-0.39, 0.29) is 11.8 Å². The molecular formula is C30H29ClN6O2. The maximum absolute atomic E-state index is 13.1. The number of hydrogen-bond acceptors (Lipinski definition) is 6. The van der Waals surface area contributed by atoms with Gasteiger partial charge in [-0.1, -0.05) is 48.0 Å². The fraction of sp³-hybridized carbons (Fsp3) is 0.233. The molecule has 5 rings (SSSR count). The van der Waals surface area contributed by atoms with Gasteiger partial charge in [0.05, 0.1) is 34.8 Å². The van der Waals surface area contributed by atoms with Gasteiger partial charge in [-0.05, 0) is 42.9 Å². The van der Waals surface area contributed by atoms with E-state index < -0.39 is 0 Å². The normalized spacial score (nSPS) is 16.7. The minimum absolute atomic E-state index is 0.0678. The lowest BCUT2D eigenvalue weighted by Crippen LogP contribution is -2.48. The van der Waals surface area contributed by atoms with Crippen molar-refractivity contribution in [2.24, 2.45) is 0 Å². The summed E-state index contributed by atoms with van der Waals surface area (Å²) in [6.07, 6.45) is 0. The molecule has 8 nitrogen and oxygen atoms in total. The number of anilines is 3. The van der Waals surface area contributed by atoms with Crippen LogP contribution in [0.1, 0.15) is 16.7 Å². The monoisotopic (exact) mass is 540 g/mol. The van der Waals surface area contributed by atoms with Crippen LogP contribution in [0.3, 0.4) is 0 Å². The van der Waals surface area contributed by atoms with Crippen LogP contribution in [0.25, 0.3) is 11.3 Å². The van der Waals surface area contributed by atoms with E-state index in [1.165, 1.54) is 0 Å². The van der Waals surface area contributed by atoms with Crippen molar-refractivity contribution in [2.75, 3.05) is 62.4 Å². The van der Waals surface area contributed by atoms with Crippen molar-refractivity contribution in [1.82, 2.24) is 9.80 Å². The molecular weight excluding hydrogens is 512 g/mol. The average molecular weight is 541 g/mol. The van der Waals surface area contributed by atoms with Gasteiger partial charge < -0.3 is 20.4 Å². The van der Waals surface area contributed by atoms with E-state index in [1.807, 2.05) is 42.5 Å². The number of nitrogens with zero attached hydrogens (tertiary/aromatic N) is 4. The van der Waals surface area contributed by atoms with Crippen molar-refractivity contribution < 1.29 is 9.59 Å². The smallest absolute Gasteiger partial charge is 0.258 e. The third-order valence-electron chi connectivity index (χ3n) is 7.12.